The molecule has 0 atom stereocenters. The Morgan fingerprint density at radius 1 is 1.14 bits per heavy atom. The van der Waals surface area contributed by atoms with E-state index in [9.17, 15) is 0 Å². The van der Waals surface area contributed by atoms with E-state index >= 15 is 0 Å². The highest BCUT2D eigenvalue weighted by molar-refractivity contribution is 7.80. The molecular weight excluding hydrogens is 194 g/mol. The van der Waals surface area contributed by atoms with Gasteiger partial charge in [0.1, 0.15) is 5.75 Å². The highest BCUT2D eigenvalue weighted by Crippen LogP contribution is 2.07. The number of rotatable bonds is 7. The maximum absolute atomic E-state index is 5.53. The molecule has 0 aliphatic carbocycles. The van der Waals surface area contributed by atoms with Gasteiger partial charge in [0.2, 0.25) is 0 Å². The molecule has 0 aliphatic heterocycles. The van der Waals surface area contributed by atoms with Crippen LogP contribution in [-0.4, -0.2) is 25.4 Å². The molecule has 0 spiro atoms. The molecule has 1 N–H and O–H groups in total. The summed E-state index contributed by atoms with van der Waals surface area (Å²) in [7, 11) is 0. The van der Waals surface area contributed by atoms with Gasteiger partial charge in [0.15, 0.2) is 0 Å². The molecule has 14 heavy (non-hydrogen) atoms. The fourth-order valence-electron chi connectivity index (χ4n) is 1.11. The van der Waals surface area contributed by atoms with Crippen molar-refractivity contribution < 1.29 is 4.74 Å². The summed E-state index contributed by atoms with van der Waals surface area (Å²) in [5.74, 6) is 1.83. The van der Waals surface area contributed by atoms with E-state index in [0.29, 0.717) is 0 Å². The molecule has 0 saturated heterocycles. The zero-order chi connectivity index (χ0) is 10.1. The van der Waals surface area contributed by atoms with Crippen molar-refractivity contribution in [2.24, 2.45) is 0 Å². The van der Waals surface area contributed by atoms with E-state index in [0.717, 1.165) is 37.6 Å². The van der Waals surface area contributed by atoms with E-state index in [-0.39, 0.29) is 0 Å². The summed E-state index contributed by atoms with van der Waals surface area (Å²) in [6, 6.07) is 9.90. The summed E-state index contributed by atoms with van der Waals surface area (Å²) in [5.41, 5.74) is 0. The van der Waals surface area contributed by atoms with Crippen molar-refractivity contribution in [3.05, 3.63) is 30.3 Å². The van der Waals surface area contributed by atoms with E-state index in [1.54, 1.807) is 0 Å². The maximum atomic E-state index is 5.53. The van der Waals surface area contributed by atoms with Gasteiger partial charge in [-0.3, -0.25) is 0 Å². The molecule has 0 aromatic heterocycles. The minimum Gasteiger partial charge on any atom is -0.494 e. The summed E-state index contributed by atoms with van der Waals surface area (Å²) in [5, 5.41) is 3.26. The van der Waals surface area contributed by atoms with Crippen molar-refractivity contribution in [1.29, 1.82) is 0 Å². The van der Waals surface area contributed by atoms with Crippen LogP contribution in [0.25, 0.3) is 0 Å². The average molecular weight is 211 g/mol. The van der Waals surface area contributed by atoms with Crippen LogP contribution in [0.5, 0.6) is 5.75 Å². The standard InChI is InChI=1S/C11H17NOS/c14-10-8-12-7-4-9-13-11-5-2-1-3-6-11/h1-3,5-6,12,14H,4,7-10H2. The van der Waals surface area contributed by atoms with Gasteiger partial charge < -0.3 is 10.1 Å². The van der Waals surface area contributed by atoms with Crippen LogP contribution in [-0.2, 0) is 0 Å². The van der Waals surface area contributed by atoms with Gasteiger partial charge in [0.25, 0.3) is 0 Å². The van der Waals surface area contributed by atoms with Gasteiger partial charge >= 0.3 is 0 Å². The number of nitrogens with one attached hydrogen (secondary N) is 1. The van der Waals surface area contributed by atoms with Gasteiger partial charge in [-0.15, -0.1) is 0 Å². The Bertz CT molecular complexity index is 228. The van der Waals surface area contributed by atoms with E-state index in [1.165, 1.54) is 0 Å². The molecule has 1 aromatic rings. The first kappa shape index (κ1) is 11.4. The number of hydrogen-bond donors (Lipinski definition) is 2. The molecule has 0 unspecified atom stereocenters. The van der Waals surface area contributed by atoms with Gasteiger partial charge in [-0.25, -0.2) is 0 Å². The average Bonchev–Trinajstić information content (AvgIpc) is 2.25. The predicted octanol–water partition coefficient (Wildman–Crippen LogP) is 1.97. The third-order valence-electron chi connectivity index (χ3n) is 1.80. The first-order chi connectivity index (χ1) is 6.93. The second-order valence-electron chi connectivity index (χ2n) is 2.99. The zero-order valence-electron chi connectivity index (χ0n) is 8.28. The minimum atomic E-state index is 0.767. The van der Waals surface area contributed by atoms with E-state index < -0.39 is 0 Å². The third-order valence-corrected chi connectivity index (χ3v) is 2.02. The van der Waals surface area contributed by atoms with E-state index in [1.807, 2.05) is 30.3 Å². The lowest BCUT2D eigenvalue weighted by Gasteiger charge is -2.05. The first-order valence-corrected chi connectivity index (χ1v) is 5.56. The molecule has 0 aliphatic rings. The van der Waals surface area contributed by atoms with Crippen molar-refractivity contribution >= 4 is 12.6 Å². The minimum absolute atomic E-state index is 0.767. The molecule has 0 fully saturated rings. The monoisotopic (exact) mass is 211 g/mol. The number of benzene rings is 1. The molecule has 0 heterocycles. The summed E-state index contributed by atoms with van der Waals surface area (Å²) >= 11 is 4.11. The second kappa shape index (κ2) is 7.71. The highest BCUT2D eigenvalue weighted by Gasteiger charge is 1.91. The fraction of sp³-hybridized carbons (Fsp3) is 0.455. The number of thiol groups is 1. The SMILES string of the molecule is SCCNCCCOc1ccccc1. The molecule has 78 valence electrons. The van der Waals surface area contributed by atoms with Crippen LogP contribution in [0.1, 0.15) is 6.42 Å². The topological polar surface area (TPSA) is 21.3 Å². The second-order valence-corrected chi connectivity index (χ2v) is 3.44. The molecular formula is C11H17NOS. The predicted molar refractivity (Wildman–Crippen MR) is 63.3 cm³/mol. The van der Waals surface area contributed by atoms with Crippen LogP contribution < -0.4 is 10.1 Å². The molecule has 2 nitrogen and oxygen atoms in total. The van der Waals surface area contributed by atoms with E-state index in [2.05, 4.69) is 17.9 Å². The lowest BCUT2D eigenvalue weighted by molar-refractivity contribution is 0.309. The van der Waals surface area contributed by atoms with Crippen LogP contribution in [0.3, 0.4) is 0 Å². The molecule has 3 heteroatoms. The van der Waals surface area contributed by atoms with Gasteiger partial charge in [0, 0.05) is 12.3 Å². The zero-order valence-corrected chi connectivity index (χ0v) is 9.17. The third kappa shape index (κ3) is 5.14. The summed E-state index contributed by atoms with van der Waals surface area (Å²) < 4.78 is 5.53. The van der Waals surface area contributed by atoms with Gasteiger partial charge in [-0.05, 0) is 25.1 Å². The lowest BCUT2D eigenvalue weighted by Crippen LogP contribution is -2.19. The summed E-state index contributed by atoms with van der Waals surface area (Å²) in [6.45, 7) is 2.73. The normalized spacial score (nSPS) is 10.1. The Hall–Kier alpha value is -0.670. The van der Waals surface area contributed by atoms with Crippen molar-refractivity contribution in [2.75, 3.05) is 25.4 Å². The quantitative estimate of drug-likeness (QED) is 0.531. The van der Waals surface area contributed by atoms with Gasteiger partial charge in [-0.2, -0.15) is 12.6 Å². The summed E-state index contributed by atoms with van der Waals surface area (Å²) in [6.07, 6.45) is 1.03. The van der Waals surface area contributed by atoms with Crippen molar-refractivity contribution in [3.63, 3.8) is 0 Å². The fourth-order valence-corrected chi connectivity index (χ4v) is 1.27. The number of ether oxygens (including phenoxy) is 1. The van der Waals surface area contributed by atoms with Crippen molar-refractivity contribution in [3.8, 4) is 5.75 Å². The Kier molecular flexibility index (Phi) is 6.28. The van der Waals surface area contributed by atoms with Crippen LogP contribution in [0, 0.1) is 0 Å². The van der Waals surface area contributed by atoms with Gasteiger partial charge in [0.05, 0.1) is 6.61 Å². The van der Waals surface area contributed by atoms with Crippen LogP contribution in [0.2, 0.25) is 0 Å². The molecule has 1 rings (SSSR count). The van der Waals surface area contributed by atoms with Crippen LogP contribution in [0.4, 0.5) is 0 Å². The van der Waals surface area contributed by atoms with Crippen LogP contribution >= 0.6 is 12.6 Å². The molecule has 0 saturated carbocycles. The number of hydrogen-bond acceptors (Lipinski definition) is 3. The van der Waals surface area contributed by atoms with Gasteiger partial charge in [-0.1, -0.05) is 18.2 Å². The molecule has 0 amide bonds. The first-order valence-electron chi connectivity index (χ1n) is 4.93. The highest BCUT2D eigenvalue weighted by atomic mass is 32.1. The van der Waals surface area contributed by atoms with Crippen molar-refractivity contribution in [1.82, 2.24) is 5.32 Å². The Balaban J connectivity index is 1.99. The molecule has 0 radical (unpaired) electrons. The number of para-hydroxylation sites is 1. The largest absolute Gasteiger partial charge is 0.494 e. The van der Waals surface area contributed by atoms with Crippen LogP contribution in [0.15, 0.2) is 30.3 Å². The maximum Gasteiger partial charge on any atom is 0.119 e. The Labute approximate surface area is 91.1 Å². The lowest BCUT2D eigenvalue weighted by atomic mass is 10.3. The van der Waals surface area contributed by atoms with E-state index in [4.69, 9.17) is 4.74 Å². The smallest absolute Gasteiger partial charge is 0.119 e. The van der Waals surface area contributed by atoms with Crippen molar-refractivity contribution in [2.45, 2.75) is 6.42 Å². The Morgan fingerprint density at radius 3 is 2.64 bits per heavy atom. The summed E-state index contributed by atoms with van der Waals surface area (Å²) in [4.78, 5) is 0. The molecule has 0 bridgehead atoms. The Morgan fingerprint density at radius 2 is 1.93 bits per heavy atom. The molecule has 1 aromatic carbocycles.